The van der Waals surface area contributed by atoms with Crippen LogP contribution in [0.3, 0.4) is 0 Å². The molecule has 0 bridgehead atoms. The molecule has 0 atom stereocenters. The number of esters is 1. The molecule has 0 saturated carbocycles. The summed E-state index contributed by atoms with van der Waals surface area (Å²) in [7, 11) is 0. The molecule has 0 aliphatic rings. The molecule has 0 radical (unpaired) electrons. The minimum Gasteiger partial charge on any atom is -0.486 e. The number of thiazole rings is 1. The number of aromatic nitrogens is 1. The van der Waals surface area contributed by atoms with Gasteiger partial charge in [-0.3, -0.25) is 4.79 Å². The molecule has 0 saturated heterocycles. The predicted molar refractivity (Wildman–Crippen MR) is 106 cm³/mol. The Hall–Kier alpha value is -3.26. The fraction of sp³-hybridized carbons (Fsp3) is 0.190. The van der Waals surface area contributed by atoms with Gasteiger partial charge in [-0.25, -0.2) is 14.2 Å². The monoisotopic (exact) mass is 414 g/mol. The number of hydrogen-bond acceptors (Lipinski definition) is 6. The predicted octanol–water partition coefficient (Wildman–Crippen LogP) is 3.64. The van der Waals surface area contributed by atoms with Gasteiger partial charge in [0.2, 0.25) is 0 Å². The first-order valence-electron chi connectivity index (χ1n) is 8.82. The van der Waals surface area contributed by atoms with Gasteiger partial charge in [0.1, 0.15) is 23.2 Å². The highest BCUT2D eigenvalue weighted by molar-refractivity contribution is 7.09. The third-order valence-corrected chi connectivity index (χ3v) is 4.73. The molecule has 1 aromatic heterocycles. The van der Waals surface area contributed by atoms with Gasteiger partial charge in [-0.15, -0.1) is 11.3 Å². The topological polar surface area (TPSA) is 77.5 Å². The first-order chi connectivity index (χ1) is 14.0. The van der Waals surface area contributed by atoms with Crippen LogP contribution in [-0.4, -0.2) is 23.5 Å². The Morgan fingerprint density at radius 2 is 1.90 bits per heavy atom. The van der Waals surface area contributed by atoms with Crippen molar-refractivity contribution < 1.29 is 23.5 Å². The summed E-state index contributed by atoms with van der Waals surface area (Å²) in [6.45, 7) is 1.76. The Morgan fingerprint density at radius 3 is 2.66 bits per heavy atom. The number of amides is 1. The molecule has 0 aliphatic heterocycles. The van der Waals surface area contributed by atoms with E-state index in [-0.39, 0.29) is 18.8 Å². The van der Waals surface area contributed by atoms with E-state index in [1.807, 2.05) is 31.2 Å². The molecule has 8 heteroatoms. The number of aryl methyl sites for hydroxylation is 1. The molecule has 29 heavy (non-hydrogen) atoms. The molecular weight excluding hydrogens is 395 g/mol. The molecule has 6 nitrogen and oxygen atoms in total. The van der Waals surface area contributed by atoms with E-state index in [0.29, 0.717) is 16.3 Å². The molecule has 1 heterocycles. The zero-order valence-corrected chi connectivity index (χ0v) is 16.5. The van der Waals surface area contributed by atoms with Gasteiger partial charge in [-0.2, -0.15) is 0 Å². The van der Waals surface area contributed by atoms with Crippen LogP contribution >= 0.6 is 11.3 Å². The maximum Gasteiger partial charge on any atom is 0.358 e. The summed E-state index contributed by atoms with van der Waals surface area (Å²) >= 11 is 1.26. The minimum atomic E-state index is -0.705. The molecule has 0 fully saturated rings. The standard InChI is InChI=1S/C21H19FN2O4S/c1-14-6-8-16(9-7-14)27-12-20-24-18(13-29-20)21(26)28-11-19(25)23-10-15-4-2-3-5-17(15)22/h2-9,13H,10-12H2,1H3,(H,23,25). The summed E-state index contributed by atoms with van der Waals surface area (Å²) in [4.78, 5) is 28.0. The number of ether oxygens (including phenoxy) is 2. The Labute approximate surface area is 171 Å². The van der Waals surface area contributed by atoms with Crippen molar-refractivity contribution in [2.24, 2.45) is 0 Å². The number of halogens is 1. The maximum atomic E-state index is 13.5. The molecule has 3 aromatic rings. The SMILES string of the molecule is Cc1ccc(OCc2nc(C(=O)OCC(=O)NCc3ccccc3F)cs2)cc1. The van der Waals surface area contributed by atoms with E-state index < -0.39 is 24.3 Å². The third-order valence-electron chi connectivity index (χ3n) is 3.91. The van der Waals surface area contributed by atoms with Gasteiger partial charge < -0.3 is 14.8 Å². The zero-order valence-electron chi connectivity index (χ0n) is 15.7. The average molecular weight is 414 g/mol. The second-order valence-electron chi connectivity index (χ2n) is 6.17. The number of nitrogens with zero attached hydrogens (tertiary/aromatic N) is 1. The lowest BCUT2D eigenvalue weighted by atomic mass is 10.2. The first kappa shape index (κ1) is 20.5. The van der Waals surface area contributed by atoms with Crippen molar-refractivity contribution >= 4 is 23.2 Å². The summed E-state index contributed by atoms with van der Waals surface area (Å²) in [5.41, 5.74) is 1.60. The van der Waals surface area contributed by atoms with Crippen molar-refractivity contribution in [1.82, 2.24) is 10.3 Å². The van der Waals surface area contributed by atoms with Crippen molar-refractivity contribution in [3.8, 4) is 5.75 Å². The lowest BCUT2D eigenvalue weighted by Crippen LogP contribution is -2.28. The first-order valence-corrected chi connectivity index (χ1v) is 9.70. The summed E-state index contributed by atoms with van der Waals surface area (Å²) in [6, 6.07) is 13.7. The number of hydrogen-bond donors (Lipinski definition) is 1. The van der Waals surface area contributed by atoms with Gasteiger partial charge in [0.15, 0.2) is 12.3 Å². The zero-order chi connectivity index (χ0) is 20.6. The van der Waals surface area contributed by atoms with Gasteiger partial charge in [0, 0.05) is 17.5 Å². The van der Waals surface area contributed by atoms with Crippen molar-refractivity contribution in [2.75, 3.05) is 6.61 Å². The van der Waals surface area contributed by atoms with Crippen LogP contribution in [0.25, 0.3) is 0 Å². The molecule has 2 aromatic carbocycles. The van der Waals surface area contributed by atoms with Gasteiger partial charge in [0.05, 0.1) is 0 Å². The Bertz CT molecular complexity index is 988. The highest BCUT2D eigenvalue weighted by Crippen LogP contribution is 2.16. The van der Waals surface area contributed by atoms with E-state index in [1.165, 1.54) is 17.4 Å². The molecule has 0 aliphatic carbocycles. The van der Waals surface area contributed by atoms with E-state index in [0.717, 1.165) is 5.56 Å². The van der Waals surface area contributed by atoms with Crippen LogP contribution in [-0.2, 0) is 22.7 Å². The van der Waals surface area contributed by atoms with Crippen LogP contribution in [0.15, 0.2) is 53.9 Å². The van der Waals surface area contributed by atoms with E-state index in [4.69, 9.17) is 9.47 Å². The second kappa shape index (κ2) is 9.79. The van der Waals surface area contributed by atoms with E-state index in [1.54, 1.807) is 23.6 Å². The fourth-order valence-electron chi connectivity index (χ4n) is 2.34. The van der Waals surface area contributed by atoms with Crippen LogP contribution in [0.4, 0.5) is 4.39 Å². The fourth-order valence-corrected chi connectivity index (χ4v) is 3.02. The van der Waals surface area contributed by atoms with Crippen LogP contribution in [0.5, 0.6) is 5.75 Å². The van der Waals surface area contributed by atoms with Crippen LogP contribution in [0, 0.1) is 12.7 Å². The Balaban J connectivity index is 1.43. The van der Waals surface area contributed by atoms with E-state index in [2.05, 4.69) is 10.3 Å². The Morgan fingerprint density at radius 1 is 1.14 bits per heavy atom. The molecule has 3 rings (SSSR count). The third kappa shape index (κ3) is 6.11. The lowest BCUT2D eigenvalue weighted by Gasteiger charge is -2.06. The van der Waals surface area contributed by atoms with Gasteiger partial charge in [-0.05, 0) is 25.1 Å². The normalized spacial score (nSPS) is 10.4. The summed E-state index contributed by atoms with van der Waals surface area (Å²) in [5.74, 6) is -0.933. The van der Waals surface area contributed by atoms with E-state index >= 15 is 0 Å². The largest absolute Gasteiger partial charge is 0.486 e. The van der Waals surface area contributed by atoms with Crippen LogP contribution < -0.4 is 10.1 Å². The van der Waals surface area contributed by atoms with Crippen molar-refractivity contribution in [3.63, 3.8) is 0 Å². The van der Waals surface area contributed by atoms with Gasteiger partial charge >= 0.3 is 5.97 Å². The molecule has 150 valence electrons. The molecule has 1 amide bonds. The molecule has 1 N–H and O–H groups in total. The lowest BCUT2D eigenvalue weighted by molar-refractivity contribution is -0.124. The van der Waals surface area contributed by atoms with Gasteiger partial charge in [0.25, 0.3) is 5.91 Å². The number of carbonyl (C=O) groups is 2. The smallest absolute Gasteiger partial charge is 0.358 e. The number of nitrogens with one attached hydrogen (secondary N) is 1. The quantitative estimate of drug-likeness (QED) is 0.570. The Kier molecular flexibility index (Phi) is 6.91. The van der Waals surface area contributed by atoms with Crippen LogP contribution in [0.1, 0.15) is 26.6 Å². The molecule has 0 spiro atoms. The molecule has 0 unspecified atom stereocenters. The number of carbonyl (C=O) groups excluding carboxylic acids is 2. The van der Waals surface area contributed by atoms with Crippen molar-refractivity contribution in [3.05, 3.63) is 81.6 Å². The number of benzene rings is 2. The highest BCUT2D eigenvalue weighted by atomic mass is 32.1. The summed E-state index contributed by atoms with van der Waals surface area (Å²) in [6.07, 6.45) is 0. The molecular formula is C21H19FN2O4S. The minimum absolute atomic E-state index is 0.0141. The van der Waals surface area contributed by atoms with E-state index in [9.17, 15) is 14.0 Å². The van der Waals surface area contributed by atoms with Crippen molar-refractivity contribution in [1.29, 1.82) is 0 Å². The second-order valence-corrected chi connectivity index (χ2v) is 7.12. The van der Waals surface area contributed by atoms with Crippen LogP contribution in [0.2, 0.25) is 0 Å². The highest BCUT2D eigenvalue weighted by Gasteiger charge is 2.14. The van der Waals surface area contributed by atoms with Crippen molar-refractivity contribution in [2.45, 2.75) is 20.1 Å². The summed E-state index contributed by atoms with van der Waals surface area (Å²) < 4.78 is 24.1. The van der Waals surface area contributed by atoms with Gasteiger partial charge in [-0.1, -0.05) is 35.9 Å². The maximum absolute atomic E-state index is 13.5. The number of rotatable bonds is 8. The summed E-state index contributed by atoms with van der Waals surface area (Å²) in [5, 5.41) is 4.66. The average Bonchev–Trinajstić information content (AvgIpc) is 3.20.